The molecule has 2 aromatic carbocycles. The minimum Gasteiger partial charge on any atom is -0.504 e. The molecule has 8 heteroatoms. The third-order valence-electron chi connectivity index (χ3n) is 3.54. The maximum Gasteiger partial charge on any atom is 0.290 e. The summed E-state index contributed by atoms with van der Waals surface area (Å²) >= 11 is 0. The summed E-state index contributed by atoms with van der Waals surface area (Å²) in [6, 6.07) is 1.93. The van der Waals surface area contributed by atoms with Crippen LogP contribution in [-0.2, 0) is 0 Å². The summed E-state index contributed by atoms with van der Waals surface area (Å²) < 4.78 is 9.98. The molecular formula is C14H6O8. The highest BCUT2D eigenvalue weighted by atomic mass is 16.5. The lowest BCUT2D eigenvalue weighted by atomic mass is 10.0. The number of aromatic hydroxyl groups is 4. The van der Waals surface area contributed by atoms with E-state index in [-0.39, 0.29) is 21.5 Å². The van der Waals surface area contributed by atoms with Crippen molar-refractivity contribution in [3.05, 3.63) is 32.6 Å². The van der Waals surface area contributed by atoms with Crippen LogP contribution >= 0.6 is 0 Å². The summed E-state index contributed by atoms with van der Waals surface area (Å²) in [6.07, 6.45) is 0. The second-order valence-electron chi connectivity index (χ2n) is 4.77. The van der Waals surface area contributed by atoms with E-state index in [9.17, 15) is 30.0 Å². The largest absolute Gasteiger partial charge is 0.504 e. The molecule has 0 amide bonds. The van der Waals surface area contributed by atoms with Crippen molar-refractivity contribution in [2.75, 3.05) is 0 Å². The summed E-state index contributed by atoms with van der Waals surface area (Å²) in [6.45, 7) is 0. The van der Waals surface area contributed by atoms with E-state index in [0.717, 1.165) is 12.1 Å². The van der Waals surface area contributed by atoms with E-state index >= 15 is 0 Å². The first-order valence-electron chi connectivity index (χ1n) is 6.02. The van der Waals surface area contributed by atoms with Gasteiger partial charge in [0.05, 0.1) is 10.8 Å². The normalized spacial score (nSPS) is 11.8. The molecule has 110 valence electrons. The molecule has 0 fully saturated rings. The Hall–Kier alpha value is -3.42. The molecule has 0 bridgehead atoms. The van der Waals surface area contributed by atoms with Crippen molar-refractivity contribution >= 4 is 32.7 Å². The van der Waals surface area contributed by atoms with Crippen molar-refractivity contribution in [2.24, 2.45) is 0 Å². The summed E-state index contributed by atoms with van der Waals surface area (Å²) in [5.41, 5.74) is -2.73. The van der Waals surface area contributed by atoms with Gasteiger partial charge in [-0.3, -0.25) is 9.59 Å². The minimum atomic E-state index is -0.919. The van der Waals surface area contributed by atoms with Crippen molar-refractivity contribution in [2.45, 2.75) is 0 Å². The Morgan fingerprint density at radius 1 is 0.682 bits per heavy atom. The maximum absolute atomic E-state index is 12.0. The molecule has 0 atom stereocenters. The fourth-order valence-electron chi connectivity index (χ4n) is 2.59. The molecule has 0 aliphatic carbocycles. The zero-order valence-electron chi connectivity index (χ0n) is 10.6. The van der Waals surface area contributed by atoms with Crippen LogP contribution in [0.5, 0.6) is 23.4 Å². The van der Waals surface area contributed by atoms with Crippen molar-refractivity contribution in [3.63, 3.8) is 0 Å². The van der Waals surface area contributed by atoms with E-state index in [1.165, 1.54) is 0 Å². The number of phenolic OH excluding ortho intramolecular Hbond substituents is 2. The quantitative estimate of drug-likeness (QED) is 0.356. The number of phenols is 2. The summed E-state index contributed by atoms with van der Waals surface area (Å²) in [7, 11) is 0. The van der Waals surface area contributed by atoms with Crippen molar-refractivity contribution in [1.29, 1.82) is 0 Å². The molecule has 0 aliphatic heterocycles. The minimum absolute atomic E-state index is 0.00597. The van der Waals surface area contributed by atoms with Crippen LogP contribution in [0.15, 0.2) is 30.6 Å². The lowest BCUT2D eigenvalue weighted by Crippen LogP contribution is -2.05. The number of hydrogen-bond donors (Lipinski definition) is 4. The van der Waals surface area contributed by atoms with Crippen LogP contribution in [-0.4, -0.2) is 20.4 Å². The molecular weight excluding hydrogens is 296 g/mol. The fourth-order valence-corrected chi connectivity index (χ4v) is 2.59. The highest BCUT2D eigenvalue weighted by Crippen LogP contribution is 2.42. The van der Waals surface area contributed by atoms with Gasteiger partial charge in [-0.05, 0) is 12.1 Å². The van der Waals surface area contributed by atoms with E-state index in [0.29, 0.717) is 0 Å². The molecule has 4 N–H and O–H groups in total. The van der Waals surface area contributed by atoms with E-state index in [4.69, 9.17) is 8.83 Å². The average molecular weight is 302 g/mol. The van der Waals surface area contributed by atoms with Gasteiger partial charge in [-0.15, -0.1) is 0 Å². The third-order valence-corrected chi connectivity index (χ3v) is 3.54. The lowest BCUT2D eigenvalue weighted by Gasteiger charge is -2.11. The number of benzene rings is 2. The first kappa shape index (κ1) is 12.3. The van der Waals surface area contributed by atoms with Crippen molar-refractivity contribution < 1.29 is 29.3 Å². The van der Waals surface area contributed by atoms with E-state index in [1.807, 2.05) is 0 Å². The van der Waals surface area contributed by atoms with Crippen LogP contribution < -0.4 is 10.9 Å². The Morgan fingerprint density at radius 3 is 1.41 bits per heavy atom. The molecule has 0 radical (unpaired) electrons. The highest BCUT2D eigenvalue weighted by molar-refractivity contribution is 6.22. The Kier molecular flexibility index (Phi) is 2.02. The first-order valence-corrected chi connectivity index (χ1v) is 6.02. The molecule has 0 aliphatic rings. The van der Waals surface area contributed by atoms with Crippen molar-refractivity contribution in [1.82, 2.24) is 0 Å². The van der Waals surface area contributed by atoms with Gasteiger partial charge in [-0.2, -0.15) is 0 Å². The Bertz CT molecular complexity index is 1100. The monoisotopic (exact) mass is 302 g/mol. The second-order valence-corrected chi connectivity index (χ2v) is 4.77. The van der Waals surface area contributed by atoms with Gasteiger partial charge < -0.3 is 29.3 Å². The van der Waals surface area contributed by atoms with Gasteiger partial charge in [0, 0.05) is 10.8 Å². The molecule has 4 aromatic rings. The standard InChI is InChI=1S/C14H6O8/c15-5-1-3-7-8-4(14(20)22-11(7)9(5)17)2-6(16)10(18)12(8)21-13(3)19/h1-2,15-16,19-20H. The van der Waals surface area contributed by atoms with Crippen molar-refractivity contribution in [3.8, 4) is 23.4 Å². The van der Waals surface area contributed by atoms with Gasteiger partial charge in [0.2, 0.25) is 0 Å². The lowest BCUT2D eigenvalue weighted by molar-refractivity contribution is 0.339. The molecule has 22 heavy (non-hydrogen) atoms. The predicted molar refractivity (Wildman–Crippen MR) is 73.9 cm³/mol. The van der Waals surface area contributed by atoms with Gasteiger partial charge in [-0.25, -0.2) is 0 Å². The summed E-state index contributed by atoms with van der Waals surface area (Å²) in [4.78, 5) is 23.9. The van der Waals surface area contributed by atoms with Crippen LogP contribution in [0.3, 0.4) is 0 Å². The smallest absolute Gasteiger partial charge is 0.290 e. The third kappa shape index (κ3) is 1.26. The fraction of sp³-hybridized carbons (Fsp3) is 0. The highest BCUT2D eigenvalue weighted by Gasteiger charge is 2.24. The maximum atomic E-state index is 12.0. The molecule has 2 heterocycles. The van der Waals surface area contributed by atoms with Gasteiger partial charge >= 0.3 is 0 Å². The molecule has 0 saturated carbocycles. The Labute approximate surface area is 119 Å². The van der Waals surface area contributed by atoms with E-state index in [1.54, 1.807) is 0 Å². The van der Waals surface area contributed by atoms with Gasteiger partial charge in [-0.1, -0.05) is 0 Å². The van der Waals surface area contributed by atoms with Crippen LogP contribution in [0.4, 0.5) is 0 Å². The van der Waals surface area contributed by atoms with Crippen LogP contribution in [0.1, 0.15) is 0 Å². The molecule has 0 spiro atoms. The SMILES string of the molecule is O=c1c(O)cc2c(O)oc3c(=O)c(O)cc4c(O)oc1c2c43. The van der Waals surface area contributed by atoms with Crippen LogP contribution in [0.2, 0.25) is 0 Å². The molecule has 0 unspecified atom stereocenters. The molecule has 4 rings (SSSR count). The second kappa shape index (κ2) is 3.61. The Morgan fingerprint density at radius 2 is 1.05 bits per heavy atom. The van der Waals surface area contributed by atoms with Crippen LogP contribution in [0, 0.1) is 0 Å². The number of hydrogen-bond acceptors (Lipinski definition) is 8. The van der Waals surface area contributed by atoms with Gasteiger partial charge in [0.15, 0.2) is 22.7 Å². The number of rotatable bonds is 0. The van der Waals surface area contributed by atoms with Gasteiger partial charge in [0.1, 0.15) is 0 Å². The van der Waals surface area contributed by atoms with Gasteiger partial charge in [0.25, 0.3) is 22.8 Å². The van der Waals surface area contributed by atoms with E-state index in [2.05, 4.69) is 0 Å². The topological polar surface area (TPSA) is 141 Å². The summed E-state index contributed by atoms with van der Waals surface area (Å²) in [5.74, 6) is -2.91. The zero-order valence-corrected chi connectivity index (χ0v) is 10.6. The molecule has 2 aromatic heterocycles. The van der Waals surface area contributed by atoms with E-state index < -0.39 is 45.4 Å². The average Bonchev–Trinajstić information content (AvgIpc) is 2.47. The Balaban J connectivity index is 2.55. The molecule has 8 nitrogen and oxygen atoms in total. The van der Waals surface area contributed by atoms with Crippen LogP contribution in [0.25, 0.3) is 32.7 Å². The predicted octanol–water partition coefficient (Wildman–Crippen LogP) is 1.31. The molecule has 0 saturated heterocycles. The first-order chi connectivity index (χ1) is 10.4. The zero-order chi connectivity index (χ0) is 15.8. The summed E-state index contributed by atoms with van der Waals surface area (Å²) in [5, 5.41) is 38.8.